The average molecular weight is 456 g/mol. The van der Waals surface area contributed by atoms with Gasteiger partial charge in [-0.25, -0.2) is 8.42 Å². The summed E-state index contributed by atoms with van der Waals surface area (Å²) in [7, 11) is -2.41. The lowest BCUT2D eigenvalue weighted by molar-refractivity contribution is -0.121. The SMILES string of the molecule is CC(NC(=O)CN(C)S(=O)(=O)c1ccc(Cl)s1)c1ccc(NC(=O)C2CC2)cc1. The van der Waals surface area contributed by atoms with Crippen molar-refractivity contribution in [3.63, 3.8) is 0 Å². The number of nitrogens with zero attached hydrogens (tertiary/aromatic N) is 1. The Balaban J connectivity index is 1.55. The summed E-state index contributed by atoms with van der Waals surface area (Å²) in [6, 6.07) is 9.82. The number of carbonyl (C=O) groups is 2. The first kappa shape index (κ1) is 21.8. The number of hydrogen-bond donors (Lipinski definition) is 2. The predicted molar refractivity (Wildman–Crippen MR) is 113 cm³/mol. The highest BCUT2D eigenvalue weighted by molar-refractivity contribution is 7.91. The standard InChI is InChI=1S/C19H22ClN3O4S2/c1-12(13-5-7-15(8-6-13)22-19(25)14-3-4-14)21-17(24)11-23(2)29(26,27)18-10-9-16(20)28-18/h5-10,12,14H,3-4,11H2,1-2H3,(H,21,24)(H,22,25). The smallest absolute Gasteiger partial charge is 0.252 e. The van der Waals surface area contributed by atoms with E-state index in [1.54, 1.807) is 12.1 Å². The number of thiophene rings is 1. The van der Waals surface area contributed by atoms with Crippen molar-refractivity contribution in [2.45, 2.75) is 30.0 Å². The summed E-state index contributed by atoms with van der Waals surface area (Å²) >= 11 is 6.75. The van der Waals surface area contributed by atoms with Crippen molar-refractivity contribution in [1.82, 2.24) is 9.62 Å². The number of amides is 2. The monoisotopic (exact) mass is 455 g/mol. The van der Waals surface area contributed by atoms with Gasteiger partial charge in [0.1, 0.15) is 4.21 Å². The topological polar surface area (TPSA) is 95.6 Å². The molecular weight excluding hydrogens is 434 g/mol. The van der Waals surface area contributed by atoms with Gasteiger partial charge < -0.3 is 10.6 Å². The number of sulfonamides is 1. The van der Waals surface area contributed by atoms with Gasteiger partial charge >= 0.3 is 0 Å². The zero-order valence-corrected chi connectivity index (χ0v) is 18.4. The van der Waals surface area contributed by atoms with Crippen LogP contribution >= 0.6 is 22.9 Å². The van der Waals surface area contributed by atoms with Crippen molar-refractivity contribution in [3.8, 4) is 0 Å². The fraction of sp³-hybridized carbons (Fsp3) is 0.368. The van der Waals surface area contributed by atoms with Gasteiger partial charge in [-0.05, 0) is 49.6 Å². The molecule has 0 bridgehead atoms. The number of carbonyl (C=O) groups excluding carboxylic acids is 2. The molecule has 1 aliphatic rings. The summed E-state index contributed by atoms with van der Waals surface area (Å²) in [5.41, 5.74) is 1.56. The molecule has 2 amide bonds. The second-order valence-electron chi connectivity index (χ2n) is 6.99. The maximum Gasteiger partial charge on any atom is 0.252 e. The second-order valence-corrected chi connectivity index (χ2v) is 11.0. The Kier molecular flexibility index (Phi) is 6.62. The molecule has 1 heterocycles. The molecule has 1 aliphatic carbocycles. The molecule has 1 atom stereocenters. The number of rotatable bonds is 8. The van der Waals surface area contributed by atoms with Gasteiger partial charge in [0.2, 0.25) is 11.8 Å². The predicted octanol–water partition coefficient (Wildman–Crippen LogP) is 3.25. The van der Waals surface area contributed by atoms with Crippen LogP contribution in [0, 0.1) is 5.92 Å². The summed E-state index contributed by atoms with van der Waals surface area (Å²) in [5, 5.41) is 5.65. The molecule has 2 aromatic rings. The highest BCUT2D eigenvalue weighted by Crippen LogP contribution is 2.30. The molecule has 1 aromatic carbocycles. The van der Waals surface area contributed by atoms with Gasteiger partial charge in [0, 0.05) is 18.7 Å². The molecule has 29 heavy (non-hydrogen) atoms. The summed E-state index contributed by atoms with van der Waals surface area (Å²) in [5.74, 6) is -0.251. The van der Waals surface area contributed by atoms with Crippen LogP contribution in [-0.4, -0.2) is 38.1 Å². The number of benzene rings is 1. The minimum Gasteiger partial charge on any atom is -0.348 e. The maximum atomic E-state index is 12.5. The average Bonchev–Trinajstić information content (AvgIpc) is 3.42. The molecule has 156 valence electrons. The van der Waals surface area contributed by atoms with Crippen LogP contribution in [0.1, 0.15) is 31.4 Å². The fourth-order valence-corrected chi connectivity index (χ4v) is 5.51. The lowest BCUT2D eigenvalue weighted by Crippen LogP contribution is -2.39. The van der Waals surface area contributed by atoms with Crippen molar-refractivity contribution in [2.75, 3.05) is 18.9 Å². The Bertz CT molecular complexity index is 1000. The second kappa shape index (κ2) is 8.83. The van der Waals surface area contributed by atoms with Gasteiger partial charge in [-0.15, -0.1) is 11.3 Å². The van der Waals surface area contributed by atoms with Crippen LogP contribution in [0.2, 0.25) is 4.34 Å². The Labute approximate surface area is 179 Å². The molecule has 0 spiro atoms. The summed E-state index contributed by atoms with van der Waals surface area (Å²) in [6.07, 6.45) is 1.88. The molecule has 2 N–H and O–H groups in total. The number of likely N-dealkylation sites (N-methyl/N-ethyl adjacent to an activating group) is 1. The van der Waals surface area contributed by atoms with Gasteiger partial charge in [-0.1, -0.05) is 23.7 Å². The van der Waals surface area contributed by atoms with Crippen molar-refractivity contribution < 1.29 is 18.0 Å². The van der Waals surface area contributed by atoms with E-state index < -0.39 is 15.9 Å². The number of hydrogen-bond acceptors (Lipinski definition) is 5. The van der Waals surface area contributed by atoms with Gasteiger partial charge in [0.25, 0.3) is 10.0 Å². The van der Waals surface area contributed by atoms with Gasteiger partial charge in [-0.2, -0.15) is 4.31 Å². The van der Waals surface area contributed by atoms with Crippen molar-refractivity contribution in [3.05, 3.63) is 46.3 Å². The molecular formula is C19H22ClN3O4S2. The summed E-state index contributed by atoms with van der Waals surface area (Å²) in [4.78, 5) is 24.1. The van der Waals surface area contributed by atoms with Crippen LogP contribution in [-0.2, 0) is 19.6 Å². The van der Waals surface area contributed by atoms with Crippen LogP contribution in [0.25, 0.3) is 0 Å². The highest BCUT2D eigenvalue weighted by Gasteiger charge is 2.29. The Hall–Kier alpha value is -1.94. The molecule has 10 heteroatoms. The van der Waals surface area contributed by atoms with E-state index in [4.69, 9.17) is 11.6 Å². The number of anilines is 1. The van der Waals surface area contributed by atoms with E-state index in [1.807, 2.05) is 19.1 Å². The molecule has 0 radical (unpaired) electrons. The quantitative estimate of drug-likeness (QED) is 0.638. The Morgan fingerprint density at radius 3 is 2.41 bits per heavy atom. The lowest BCUT2D eigenvalue weighted by atomic mass is 10.1. The van der Waals surface area contributed by atoms with Crippen LogP contribution in [0.3, 0.4) is 0 Å². The van der Waals surface area contributed by atoms with E-state index in [9.17, 15) is 18.0 Å². The number of nitrogens with one attached hydrogen (secondary N) is 2. The molecule has 1 aromatic heterocycles. The molecule has 3 rings (SSSR count). The fourth-order valence-electron chi connectivity index (χ4n) is 2.69. The van der Waals surface area contributed by atoms with Crippen LogP contribution in [0.15, 0.2) is 40.6 Å². The van der Waals surface area contributed by atoms with Crippen LogP contribution in [0.4, 0.5) is 5.69 Å². The van der Waals surface area contributed by atoms with Gasteiger partial charge in [-0.3, -0.25) is 9.59 Å². The van der Waals surface area contributed by atoms with Gasteiger partial charge in [0.15, 0.2) is 0 Å². The Morgan fingerprint density at radius 1 is 1.21 bits per heavy atom. The van der Waals surface area contributed by atoms with E-state index in [2.05, 4.69) is 10.6 Å². The van der Waals surface area contributed by atoms with Crippen molar-refractivity contribution in [2.24, 2.45) is 5.92 Å². The zero-order valence-electron chi connectivity index (χ0n) is 16.0. The molecule has 0 saturated heterocycles. The van der Waals surface area contributed by atoms with E-state index in [-0.39, 0.29) is 28.6 Å². The minimum absolute atomic E-state index is 0.0374. The van der Waals surface area contributed by atoms with Gasteiger partial charge in [0.05, 0.1) is 16.9 Å². The first-order valence-corrected chi connectivity index (χ1v) is 11.7. The summed E-state index contributed by atoms with van der Waals surface area (Å²) < 4.78 is 26.4. The maximum absolute atomic E-state index is 12.5. The number of halogens is 1. The van der Waals surface area contributed by atoms with E-state index in [1.165, 1.54) is 19.2 Å². The van der Waals surface area contributed by atoms with E-state index >= 15 is 0 Å². The first-order chi connectivity index (χ1) is 13.7. The van der Waals surface area contributed by atoms with E-state index in [0.29, 0.717) is 10.0 Å². The lowest BCUT2D eigenvalue weighted by Gasteiger charge is -2.19. The van der Waals surface area contributed by atoms with Crippen molar-refractivity contribution in [1.29, 1.82) is 0 Å². The van der Waals surface area contributed by atoms with E-state index in [0.717, 1.165) is 34.0 Å². The zero-order chi connectivity index (χ0) is 21.2. The molecule has 1 saturated carbocycles. The first-order valence-electron chi connectivity index (χ1n) is 9.08. The molecule has 7 nitrogen and oxygen atoms in total. The van der Waals surface area contributed by atoms with Crippen LogP contribution < -0.4 is 10.6 Å². The van der Waals surface area contributed by atoms with Crippen molar-refractivity contribution >= 4 is 50.5 Å². The largest absolute Gasteiger partial charge is 0.348 e. The Morgan fingerprint density at radius 2 is 1.86 bits per heavy atom. The van der Waals surface area contributed by atoms with Crippen LogP contribution in [0.5, 0.6) is 0 Å². The highest BCUT2D eigenvalue weighted by atomic mass is 35.5. The summed E-state index contributed by atoms with van der Waals surface area (Å²) in [6.45, 7) is 1.50. The third kappa shape index (κ3) is 5.57. The molecule has 0 aliphatic heterocycles. The third-order valence-electron chi connectivity index (χ3n) is 4.58. The normalized spacial score (nSPS) is 15.2. The molecule has 1 fully saturated rings. The third-order valence-corrected chi connectivity index (χ3v) is 8.09. The molecule has 1 unspecified atom stereocenters. The minimum atomic E-state index is -3.77.